The van der Waals surface area contributed by atoms with Crippen LogP contribution < -0.4 is 5.32 Å². The predicted octanol–water partition coefficient (Wildman–Crippen LogP) is 2.01. The Bertz CT molecular complexity index is 820. The number of aromatic nitrogens is 3. The van der Waals surface area contributed by atoms with Crippen molar-refractivity contribution in [3.8, 4) is 0 Å². The van der Waals surface area contributed by atoms with Gasteiger partial charge in [-0.2, -0.15) is 0 Å². The molecule has 5 rings (SSSR count). The molecule has 0 spiro atoms. The van der Waals surface area contributed by atoms with Crippen molar-refractivity contribution in [2.75, 3.05) is 26.2 Å². The van der Waals surface area contributed by atoms with Crippen molar-refractivity contribution in [2.45, 2.75) is 50.2 Å². The lowest BCUT2D eigenvalue weighted by atomic mass is 9.81. The van der Waals surface area contributed by atoms with Crippen molar-refractivity contribution in [1.29, 1.82) is 0 Å². The number of hydrogen-bond donors (Lipinski definition) is 1. The van der Waals surface area contributed by atoms with E-state index in [0.29, 0.717) is 24.0 Å². The van der Waals surface area contributed by atoms with Gasteiger partial charge in [-0.3, -0.25) is 9.20 Å². The van der Waals surface area contributed by atoms with Crippen molar-refractivity contribution < 1.29 is 9.53 Å². The van der Waals surface area contributed by atoms with E-state index < -0.39 is 0 Å². The van der Waals surface area contributed by atoms with Crippen molar-refractivity contribution >= 4 is 24.0 Å². The summed E-state index contributed by atoms with van der Waals surface area (Å²) >= 11 is 0. The maximum atomic E-state index is 13.1. The SMILES string of the molecule is Cl.O=C([C@H]1CC[C@H]2OCCN[C@@H]2C1)N1CCC(c2nnc3ccccn23)CC1. The highest BCUT2D eigenvalue weighted by molar-refractivity contribution is 5.85. The second-order valence-corrected chi connectivity index (χ2v) is 8.07. The van der Waals surface area contributed by atoms with E-state index in [4.69, 9.17) is 4.74 Å². The number of nitrogens with zero attached hydrogens (tertiary/aromatic N) is 4. The minimum atomic E-state index is 0. The van der Waals surface area contributed by atoms with Crippen molar-refractivity contribution in [1.82, 2.24) is 24.8 Å². The van der Waals surface area contributed by atoms with Gasteiger partial charge in [0.25, 0.3) is 0 Å². The van der Waals surface area contributed by atoms with E-state index in [1.165, 1.54) is 0 Å². The minimum absolute atomic E-state index is 0. The van der Waals surface area contributed by atoms with Crippen LogP contribution in [0.3, 0.4) is 0 Å². The van der Waals surface area contributed by atoms with Gasteiger partial charge in [-0.25, -0.2) is 0 Å². The van der Waals surface area contributed by atoms with E-state index in [1.54, 1.807) is 0 Å². The molecule has 28 heavy (non-hydrogen) atoms. The molecular formula is C20H28ClN5O2. The standard InChI is InChI=1S/C20H27N5O2.ClH/c26-20(15-4-5-17-16(13-15)21-8-12-27-17)24-10-6-14(7-11-24)19-23-22-18-3-1-2-9-25(18)19;/h1-3,9,14-17,21H,4-8,10-13H2;1H/t15-,16+,17+;/m0./s1. The lowest BCUT2D eigenvalue weighted by molar-refractivity contribution is -0.140. The second-order valence-electron chi connectivity index (χ2n) is 8.07. The zero-order valence-electron chi connectivity index (χ0n) is 16.0. The number of halogens is 1. The Morgan fingerprint density at radius 1 is 1.14 bits per heavy atom. The van der Waals surface area contributed by atoms with Gasteiger partial charge in [-0.15, -0.1) is 22.6 Å². The molecule has 0 radical (unpaired) electrons. The third-order valence-electron chi connectivity index (χ3n) is 6.49. The van der Waals surface area contributed by atoms with Crippen molar-refractivity contribution in [2.24, 2.45) is 5.92 Å². The van der Waals surface area contributed by atoms with Gasteiger partial charge in [0.1, 0.15) is 5.82 Å². The quantitative estimate of drug-likeness (QED) is 0.827. The van der Waals surface area contributed by atoms with E-state index in [0.717, 1.165) is 69.8 Å². The van der Waals surface area contributed by atoms with Crippen LogP contribution in [-0.2, 0) is 9.53 Å². The highest BCUT2D eigenvalue weighted by atomic mass is 35.5. The fourth-order valence-corrected chi connectivity index (χ4v) is 4.99. The summed E-state index contributed by atoms with van der Waals surface area (Å²) in [5.41, 5.74) is 0.893. The molecule has 152 valence electrons. The van der Waals surface area contributed by atoms with Crippen LogP contribution in [0.1, 0.15) is 43.8 Å². The molecule has 3 aliphatic rings. The molecule has 8 heteroatoms. The third kappa shape index (κ3) is 3.63. The Hall–Kier alpha value is -1.70. The van der Waals surface area contributed by atoms with E-state index >= 15 is 0 Å². The smallest absolute Gasteiger partial charge is 0.225 e. The summed E-state index contributed by atoms with van der Waals surface area (Å²) in [7, 11) is 0. The van der Waals surface area contributed by atoms with E-state index in [2.05, 4.69) is 24.8 Å². The molecule has 0 bridgehead atoms. The highest BCUT2D eigenvalue weighted by Crippen LogP contribution is 2.32. The number of rotatable bonds is 2. The normalized spacial score (nSPS) is 28.6. The van der Waals surface area contributed by atoms with Gasteiger partial charge in [-0.1, -0.05) is 6.07 Å². The number of carbonyl (C=O) groups is 1. The molecular weight excluding hydrogens is 378 g/mol. The van der Waals surface area contributed by atoms with Gasteiger partial charge >= 0.3 is 0 Å². The number of pyridine rings is 1. The number of amides is 1. The number of morpholine rings is 1. The summed E-state index contributed by atoms with van der Waals surface area (Å²) < 4.78 is 7.92. The average Bonchev–Trinajstić information content (AvgIpc) is 3.17. The number of piperidine rings is 1. The molecule has 7 nitrogen and oxygen atoms in total. The van der Waals surface area contributed by atoms with Crippen LogP contribution in [0.5, 0.6) is 0 Å². The molecule has 2 saturated heterocycles. The Kier molecular flexibility index (Phi) is 5.85. The molecule has 2 aliphatic heterocycles. The van der Waals surface area contributed by atoms with E-state index in [-0.39, 0.29) is 18.3 Å². The summed E-state index contributed by atoms with van der Waals surface area (Å²) in [6.07, 6.45) is 7.11. The molecule has 1 amide bonds. The number of likely N-dealkylation sites (tertiary alicyclic amines) is 1. The zero-order chi connectivity index (χ0) is 18.2. The number of fused-ring (bicyclic) bond motifs is 2. The zero-order valence-corrected chi connectivity index (χ0v) is 16.8. The molecule has 3 atom stereocenters. The minimum Gasteiger partial charge on any atom is -0.375 e. The fraction of sp³-hybridized carbons (Fsp3) is 0.650. The highest BCUT2D eigenvalue weighted by Gasteiger charge is 2.38. The number of carbonyl (C=O) groups excluding carboxylic acids is 1. The summed E-state index contributed by atoms with van der Waals surface area (Å²) in [6, 6.07) is 6.32. The second kappa shape index (κ2) is 8.35. The van der Waals surface area contributed by atoms with Crippen LogP contribution in [-0.4, -0.2) is 63.8 Å². The lowest BCUT2D eigenvalue weighted by Gasteiger charge is -2.41. The van der Waals surface area contributed by atoms with Crippen molar-refractivity contribution in [3.05, 3.63) is 30.2 Å². The monoisotopic (exact) mass is 405 g/mol. The largest absolute Gasteiger partial charge is 0.375 e. The molecule has 0 aromatic carbocycles. The van der Waals surface area contributed by atoms with Crippen LogP contribution in [0.15, 0.2) is 24.4 Å². The molecule has 3 fully saturated rings. The first kappa shape index (κ1) is 19.6. The van der Waals surface area contributed by atoms with Gasteiger partial charge in [0.05, 0.1) is 12.7 Å². The van der Waals surface area contributed by atoms with E-state index in [9.17, 15) is 4.79 Å². The first-order valence-electron chi connectivity index (χ1n) is 10.2. The van der Waals surface area contributed by atoms with Crippen LogP contribution in [0.2, 0.25) is 0 Å². The summed E-state index contributed by atoms with van der Waals surface area (Å²) in [5.74, 6) is 1.88. The molecule has 1 N–H and O–H groups in total. The van der Waals surface area contributed by atoms with E-state index in [1.807, 2.05) is 24.4 Å². The molecule has 0 unspecified atom stereocenters. The maximum Gasteiger partial charge on any atom is 0.225 e. The number of hydrogen-bond acceptors (Lipinski definition) is 5. The first-order chi connectivity index (χ1) is 13.3. The number of ether oxygens (including phenoxy) is 1. The molecule has 4 heterocycles. The maximum absolute atomic E-state index is 13.1. The summed E-state index contributed by atoms with van der Waals surface area (Å²) in [5, 5.41) is 12.2. The van der Waals surface area contributed by atoms with Crippen molar-refractivity contribution in [3.63, 3.8) is 0 Å². The Labute approximate surface area is 171 Å². The van der Waals surface area contributed by atoms with Gasteiger partial charge in [0.15, 0.2) is 5.65 Å². The first-order valence-corrected chi connectivity index (χ1v) is 10.2. The van der Waals surface area contributed by atoms with Gasteiger partial charge in [0, 0.05) is 43.7 Å². The predicted molar refractivity (Wildman–Crippen MR) is 108 cm³/mol. The summed E-state index contributed by atoms with van der Waals surface area (Å²) in [4.78, 5) is 15.1. The third-order valence-corrected chi connectivity index (χ3v) is 6.49. The van der Waals surface area contributed by atoms with Gasteiger partial charge < -0.3 is 15.0 Å². The molecule has 1 aliphatic carbocycles. The molecule has 2 aromatic heterocycles. The fourth-order valence-electron chi connectivity index (χ4n) is 4.99. The molecule has 1 saturated carbocycles. The Balaban J connectivity index is 0.00000192. The average molecular weight is 406 g/mol. The molecule has 2 aromatic rings. The van der Waals surface area contributed by atoms with Gasteiger partial charge in [-0.05, 0) is 44.2 Å². The Morgan fingerprint density at radius 2 is 2.00 bits per heavy atom. The number of nitrogens with one attached hydrogen (secondary N) is 1. The summed E-state index contributed by atoms with van der Waals surface area (Å²) in [6.45, 7) is 3.34. The van der Waals surface area contributed by atoms with Crippen LogP contribution in [0, 0.1) is 5.92 Å². The van der Waals surface area contributed by atoms with Gasteiger partial charge in [0.2, 0.25) is 5.91 Å². The van der Waals surface area contributed by atoms with Crippen LogP contribution in [0.4, 0.5) is 0 Å². The van der Waals surface area contributed by atoms with Crippen LogP contribution >= 0.6 is 12.4 Å². The van der Waals surface area contributed by atoms with Crippen LogP contribution in [0.25, 0.3) is 5.65 Å². The lowest BCUT2D eigenvalue weighted by Crippen LogP contribution is -2.53. The topological polar surface area (TPSA) is 71.8 Å². The Morgan fingerprint density at radius 3 is 2.86 bits per heavy atom.